The maximum atomic E-state index is 9.02. The van der Waals surface area contributed by atoms with E-state index >= 15 is 0 Å². The van der Waals surface area contributed by atoms with Gasteiger partial charge in [0.05, 0.1) is 11.8 Å². The minimum absolute atomic E-state index is 0.579. The normalized spacial score (nSPS) is 13.1. The van der Waals surface area contributed by atoms with E-state index in [2.05, 4.69) is 34.5 Å². The number of rotatable bonds is 2. The Kier molecular flexibility index (Phi) is 2.99. The molecule has 0 atom stereocenters. The highest BCUT2D eigenvalue weighted by atomic mass is 32.2. The lowest BCUT2D eigenvalue weighted by atomic mass is 10.1. The molecule has 1 aromatic heterocycles. The lowest BCUT2D eigenvalue weighted by Crippen LogP contribution is -1.90. The van der Waals surface area contributed by atoms with Crippen LogP contribution in [0.3, 0.4) is 0 Å². The van der Waals surface area contributed by atoms with Gasteiger partial charge in [0.2, 0.25) is 0 Å². The molecule has 0 amide bonds. The lowest BCUT2D eigenvalue weighted by Gasteiger charge is -2.04. The van der Waals surface area contributed by atoms with Crippen LogP contribution in [0.5, 0.6) is 0 Å². The zero-order chi connectivity index (χ0) is 12.4. The third-order valence-electron chi connectivity index (χ3n) is 3.09. The molecule has 0 spiro atoms. The van der Waals surface area contributed by atoms with Gasteiger partial charge >= 0.3 is 0 Å². The second kappa shape index (κ2) is 4.79. The molecule has 4 heteroatoms. The minimum atomic E-state index is 0.579. The average Bonchev–Trinajstić information content (AvgIpc) is 2.87. The highest BCUT2D eigenvalue weighted by Gasteiger charge is 2.12. The molecule has 0 aliphatic heterocycles. The Morgan fingerprint density at radius 1 is 1.17 bits per heavy atom. The van der Waals surface area contributed by atoms with Gasteiger partial charge < -0.3 is 0 Å². The fourth-order valence-corrected chi connectivity index (χ4v) is 3.07. The molecular weight excluding hydrogens is 242 g/mol. The molecule has 3 rings (SSSR count). The van der Waals surface area contributed by atoms with Crippen molar-refractivity contribution >= 4 is 11.8 Å². The predicted molar refractivity (Wildman–Crippen MR) is 69.3 cm³/mol. The van der Waals surface area contributed by atoms with E-state index in [-0.39, 0.29) is 0 Å². The Balaban J connectivity index is 1.91. The quantitative estimate of drug-likeness (QED) is 0.825. The van der Waals surface area contributed by atoms with Crippen LogP contribution in [0, 0.1) is 11.3 Å². The summed E-state index contributed by atoms with van der Waals surface area (Å²) in [5.74, 6) is 0. The zero-order valence-electron chi connectivity index (χ0n) is 9.76. The summed E-state index contributed by atoms with van der Waals surface area (Å²) in [6, 6.07) is 10.3. The van der Waals surface area contributed by atoms with Gasteiger partial charge in [-0.2, -0.15) is 10.4 Å². The van der Waals surface area contributed by atoms with Gasteiger partial charge in [-0.25, -0.2) is 0 Å². The van der Waals surface area contributed by atoms with Crippen molar-refractivity contribution in [2.24, 2.45) is 0 Å². The summed E-state index contributed by atoms with van der Waals surface area (Å²) >= 11 is 1.51. The molecule has 1 aromatic carbocycles. The number of fused-ring (bicyclic) bond motifs is 1. The molecule has 1 aliphatic carbocycles. The SMILES string of the molecule is N#Cc1ccnnc1Sc1ccc2c(c1)CCC2. The first-order valence-corrected chi connectivity index (χ1v) is 6.70. The van der Waals surface area contributed by atoms with E-state index in [1.54, 1.807) is 12.3 Å². The van der Waals surface area contributed by atoms with E-state index < -0.39 is 0 Å². The van der Waals surface area contributed by atoms with Crippen molar-refractivity contribution in [1.82, 2.24) is 10.2 Å². The van der Waals surface area contributed by atoms with Gasteiger partial charge in [0.25, 0.3) is 0 Å². The topological polar surface area (TPSA) is 49.6 Å². The van der Waals surface area contributed by atoms with Crippen LogP contribution >= 0.6 is 11.8 Å². The van der Waals surface area contributed by atoms with Crippen LogP contribution in [0.25, 0.3) is 0 Å². The van der Waals surface area contributed by atoms with Crippen LogP contribution in [0.15, 0.2) is 40.4 Å². The first-order valence-electron chi connectivity index (χ1n) is 5.88. The number of aromatic nitrogens is 2. The summed E-state index contributed by atoms with van der Waals surface area (Å²) in [5.41, 5.74) is 3.47. The number of aryl methyl sites for hydroxylation is 2. The van der Waals surface area contributed by atoms with E-state index in [4.69, 9.17) is 5.26 Å². The number of hydrogen-bond donors (Lipinski definition) is 0. The summed E-state index contributed by atoms with van der Waals surface area (Å²) in [5, 5.41) is 17.6. The van der Waals surface area contributed by atoms with Crippen molar-refractivity contribution in [3.05, 3.63) is 47.2 Å². The summed E-state index contributed by atoms with van der Waals surface area (Å²) in [6.45, 7) is 0. The monoisotopic (exact) mass is 253 g/mol. The predicted octanol–water partition coefficient (Wildman–Crippen LogP) is 2.99. The molecule has 0 unspecified atom stereocenters. The molecule has 0 saturated heterocycles. The molecule has 3 nitrogen and oxygen atoms in total. The molecule has 18 heavy (non-hydrogen) atoms. The molecule has 0 bridgehead atoms. The number of benzene rings is 1. The van der Waals surface area contributed by atoms with Gasteiger partial charge in [-0.3, -0.25) is 0 Å². The molecular formula is C14H11N3S. The van der Waals surface area contributed by atoms with Crippen molar-refractivity contribution in [1.29, 1.82) is 5.26 Å². The molecule has 0 N–H and O–H groups in total. The zero-order valence-corrected chi connectivity index (χ0v) is 10.6. The van der Waals surface area contributed by atoms with E-state index in [1.165, 1.54) is 35.7 Å². The van der Waals surface area contributed by atoms with E-state index in [9.17, 15) is 0 Å². The standard InChI is InChI=1S/C14H11N3S/c15-9-12-6-7-16-17-14(12)18-13-5-4-10-2-1-3-11(10)8-13/h4-8H,1-3H2. The average molecular weight is 253 g/mol. The van der Waals surface area contributed by atoms with Crippen molar-refractivity contribution < 1.29 is 0 Å². The Hall–Kier alpha value is -1.86. The second-order valence-corrected chi connectivity index (χ2v) is 5.31. The molecule has 88 valence electrons. The third kappa shape index (κ3) is 2.09. The van der Waals surface area contributed by atoms with Crippen molar-refractivity contribution in [2.75, 3.05) is 0 Å². The van der Waals surface area contributed by atoms with Crippen molar-refractivity contribution in [3.8, 4) is 6.07 Å². The summed E-state index contributed by atoms with van der Waals surface area (Å²) in [4.78, 5) is 1.13. The first-order chi connectivity index (χ1) is 8.86. The molecule has 0 radical (unpaired) electrons. The summed E-state index contributed by atoms with van der Waals surface area (Å²) < 4.78 is 0. The van der Waals surface area contributed by atoms with Crippen LogP contribution in [-0.4, -0.2) is 10.2 Å². The van der Waals surface area contributed by atoms with E-state index in [1.807, 2.05) is 0 Å². The van der Waals surface area contributed by atoms with Gasteiger partial charge in [-0.15, -0.1) is 5.10 Å². The molecule has 1 aliphatic rings. The highest BCUT2D eigenvalue weighted by molar-refractivity contribution is 7.99. The molecule has 0 saturated carbocycles. The maximum Gasteiger partial charge on any atom is 0.141 e. The largest absolute Gasteiger partial charge is 0.192 e. The molecule has 1 heterocycles. The Bertz CT molecular complexity index is 631. The second-order valence-electron chi connectivity index (χ2n) is 4.25. The maximum absolute atomic E-state index is 9.02. The number of hydrogen-bond acceptors (Lipinski definition) is 4. The third-order valence-corrected chi connectivity index (χ3v) is 4.08. The first kappa shape index (κ1) is 11.2. The smallest absolute Gasteiger partial charge is 0.141 e. The Morgan fingerprint density at radius 3 is 2.94 bits per heavy atom. The van der Waals surface area contributed by atoms with Crippen LogP contribution in [-0.2, 0) is 12.8 Å². The van der Waals surface area contributed by atoms with Crippen LogP contribution < -0.4 is 0 Å². The van der Waals surface area contributed by atoms with Gasteiger partial charge in [-0.05, 0) is 48.6 Å². The Labute approximate surface area is 110 Å². The van der Waals surface area contributed by atoms with Crippen molar-refractivity contribution in [2.45, 2.75) is 29.2 Å². The minimum Gasteiger partial charge on any atom is -0.192 e. The number of nitrogens with zero attached hydrogens (tertiary/aromatic N) is 3. The van der Waals surface area contributed by atoms with Gasteiger partial charge in [-0.1, -0.05) is 17.8 Å². The van der Waals surface area contributed by atoms with Crippen LogP contribution in [0.2, 0.25) is 0 Å². The van der Waals surface area contributed by atoms with Crippen LogP contribution in [0.4, 0.5) is 0 Å². The van der Waals surface area contributed by atoms with Crippen LogP contribution in [0.1, 0.15) is 23.1 Å². The van der Waals surface area contributed by atoms with Gasteiger partial charge in [0.15, 0.2) is 0 Å². The number of nitriles is 1. The summed E-state index contributed by atoms with van der Waals surface area (Å²) in [7, 11) is 0. The summed E-state index contributed by atoms with van der Waals surface area (Å²) in [6.07, 6.45) is 5.15. The fraction of sp³-hybridized carbons (Fsp3) is 0.214. The van der Waals surface area contributed by atoms with E-state index in [0.29, 0.717) is 10.6 Å². The van der Waals surface area contributed by atoms with Gasteiger partial charge in [0, 0.05) is 4.90 Å². The lowest BCUT2D eigenvalue weighted by molar-refractivity contribution is 0.911. The highest BCUT2D eigenvalue weighted by Crippen LogP contribution is 2.32. The molecule has 2 aromatic rings. The fourth-order valence-electron chi connectivity index (χ4n) is 2.20. The van der Waals surface area contributed by atoms with Crippen molar-refractivity contribution in [3.63, 3.8) is 0 Å². The molecule has 0 fully saturated rings. The Morgan fingerprint density at radius 2 is 2.06 bits per heavy atom. The van der Waals surface area contributed by atoms with E-state index in [0.717, 1.165) is 11.3 Å². The van der Waals surface area contributed by atoms with Gasteiger partial charge in [0.1, 0.15) is 11.1 Å².